The summed E-state index contributed by atoms with van der Waals surface area (Å²) in [5.41, 5.74) is -1.07. The monoisotopic (exact) mass is 409 g/mol. The zero-order valence-corrected chi connectivity index (χ0v) is 18.4. The molecule has 2 N–H and O–H groups in total. The number of carbonyl (C=O) groups is 1. The number of rotatable bonds is 1. The fourth-order valence-electron chi connectivity index (χ4n) is 6.37. The molecular weight excluding hydrogens is 377 g/mol. The van der Waals surface area contributed by atoms with E-state index in [1.807, 2.05) is 13.0 Å². The second kappa shape index (κ2) is 6.55. The molecule has 8 atom stereocenters. The Labute approximate surface area is 171 Å². The minimum absolute atomic E-state index is 0. The summed E-state index contributed by atoms with van der Waals surface area (Å²) in [6.45, 7) is 12.4. The summed E-state index contributed by atoms with van der Waals surface area (Å²) >= 11 is 0. The number of hydrogen-bond donors (Lipinski definition) is 2. The predicted molar refractivity (Wildman–Crippen MR) is 90.8 cm³/mol. The molecule has 3 fully saturated rings. The molecule has 0 heterocycles. The van der Waals surface area contributed by atoms with Crippen LogP contribution in [0, 0.1) is 34.0 Å². The molecule has 0 amide bonds. The summed E-state index contributed by atoms with van der Waals surface area (Å²) in [5.74, 6) is 0.544. The van der Waals surface area contributed by atoms with Crippen LogP contribution in [0.25, 0.3) is 0 Å². The van der Waals surface area contributed by atoms with E-state index in [-0.39, 0.29) is 50.0 Å². The third kappa shape index (κ3) is 2.48. The Morgan fingerprint density at radius 2 is 1.83 bits per heavy atom. The summed E-state index contributed by atoms with van der Waals surface area (Å²) in [6, 6.07) is 0. The molecule has 3 saturated carbocycles. The fraction of sp³-hybridized carbons (Fsp3) is 0.850. The van der Waals surface area contributed by atoms with Gasteiger partial charge in [-0.05, 0) is 42.9 Å². The first-order chi connectivity index (χ1) is 10.6. The van der Waals surface area contributed by atoms with Gasteiger partial charge in [0.05, 0.1) is 12.2 Å². The zero-order chi connectivity index (χ0) is 17.2. The van der Waals surface area contributed by atoms with Gasteiger partial charge in [0.2, 0.25) is 0 Å². The SMILES string of the molecule is C=C[C@]1(C)CC(O)[C@]2(C)C(C)CC[C@]3(CCC(=O)C23)[C@@H](C)C1O.[Y]. The zero-order valence-electron chi connectivity index (χ0n) is 15.6. The van der Waals surface area contributed by atoms with E-state index in [2.05, 4.69) is 27.4 Å². The van der Waals surface area contributed by atoms with Crippen molar-refractivity contribution in [3.8, 4) is 0 Å². The molecule has 3 nitrogen and oxygen atoms in total. The molecule has 0 aliphatic heterocycles. The molecule has 2 bridgehead atoms. The van der Waals surface area contributed by atoms with Gasteiger partial charge in [-0.3, -0.25) is 4.79 Å². The van der Waals surface area contributed by atoms with E-state index in [4.69, 9.17) is 0 Å². The Hall–Kier alpha value is 0.434. The standard InChI is InChI=1S/C20H32O3.Y/c1-6-18(4)11-15(22)19(5)12(2)7-9-20(13(3)17(18)23)10-8-14(21)16(19)20;/h6,12-13,15-17,22-23H,1,7-11H2,2-5H3;/t12?,13-,15?,16?,17?,18+,19-,20-;/m0./s1. The summed E-state index contributed by atoms with van der Waals surface area (Å²) in [7, 11) is 0. The second-order valence-electron chi connectivity index (χ2n) is 9.10. The summed E-state index contributed by atoms with van der Waals surface area (Å²) in [5, 5.41) is 22.3. The Morgan fingerprint density at radius 3 is 2.42 bits per heavy atom. The number of aliphatic hydroxyl groups is 2. The molecule has 3 aliphatic rings. The molecule has 3 aliphatic carbocycles. The number of ketones is 1. The van der Waals surface area contributed by atoms with Gasteiger partial charge in [0.25, 0.3) is 0 Å². The number of carbonyl (C=O) groups excluding carboxylic acids is 1. The van der Waals surface area contributed by atoms with Crippen molar-refractivity contribution in [2.75, 3.05) is 0 Å². The van der Waals surface area contributed by atoms with Crippen molar-refractivity contribution >= 4 is 5.78 Å². The molecule has 0 aromatic rings. The topological polar surface area (TPSA) is 57.5 Å². The number of aliphatic hydroxyl groups excluding tert-OH is 2. The van der Waals surface area contributed by atoms with E-state index in [1.54, 1.807) is 0 Å². The maximum absolute atomic E-state index is 12.8. The van der Waals surface area contributed by atoms with Crippen LogP contribution in [0.2, 0.25) is 0 Å². The summed E-state index contributed by atoms with van der Waals surface area (Å²) in [6.07, 6.45) is 4.60. The minimum Gasteiger partial charge on any atom is -0.392 e. The van der Waals surface area contributed by atoms with E-state index in [1.165, 1.54) is 0 Å². The Kier molecular flexibility index (Phi) is 5.66. The van der Waals surface area contributed by atoms with Crippen LogP contribution in [-0.4, -0.2) is 28.2 Å². The van der Waals surface area contributed by atoms with Gasteiger partial charge in [-0.2, -0.15) is 0 Å². The van der Waals surface area contributed by atoms with Gasteiger partial charge >= 0.3 is 0 Å². The second-order valence-corrected chi connectivity index (χ2v) is 9.10. The minimum atomic E-state index is -0.589. The third-order valence-corrected chi connectivity index (χ3v) is 8.33. The Morgan fingerprint density at radius 1 is 1.21 bits per heavy atom. The molecule has 133 valence electrons. The van der Waals surface area contributed by atoms with E-state index in [0.29, 0.717) is 24.5 Å². The molecule has 1 radical (unpaired) electrons. The molecule has 4 unspecified atom stereocenters. The molecule has 3 rings (SSSR count). The van der Waals surface area contributed by atoms with E-state index < -0.39 is 23.0 Å². The van der Waals surface area contributed by atoms with Crippen molar-refractivity contribution in [3.63, 3.8) is 0 Å². The molecule has 0 saturated heterocycles. The molecule has 0 aromatic carbocycles. The van der Waals surface area contributed by atoms with Crippen molar-refractivity contribution < 1.29 is 47.7 Å². The molecular formula is C20H32O3Y. The maximum Gasteiger partial charge on any atom is 0.137 e. The number of Topliss-reactive ketones (excluding diaryl/α,β-unsaturated/α-hetero) is 1. The molecule has 4 heteroatoms. The van der Waals surface area contributed by atoms with Crippen LogP contribution in [0.1, 0.15) is 59.8 Å². The van der Waals surface area contributed by atoms with Crippen LogP contribution < -0.4 is 0 Å². The molecule has 0 aromatic heterocycles. The first-order valence-electron chi connectivity index (χ1n) is 9.16. The Bertz CT molecular complexity index is 535. The molecule has 24 heavy (non-hydrogen) atoms. The van der Waals surface area contributed by atoms with Gasteiger partial charge in [0.15, 0.2) is 0 Å². The smallest absolute Gasteiger partial charge is 0.137 e. The fourth-order valence-corrected chi connectivity index (χ4v) is 6.37. The first-order valence-corrected chi connectivity index (χ1v) is 9.16. The maximum atomic E-state index is 12.8. The van der Waals surface area contributed by atoms with Crippen LogP contribution in [0.5, 0.6) is 0 Å². The van der Waals surface area contributed by atoms with Gasteiger partial charge in [-0.15, -0.1) is 6.58 Å². The van der Waals surface area contributed by atoms with Gasteiger partial charge in [-0.25, -0.2) is 0 Å². The van der Waals surface area contributed by atoms with Crippen LogP contribution in [0.15, 0.2) is 12.7 Å². The number of hydrogen-bond acceptors (Lipinski definition) is 3. The van der Waals surface area contributed by atoms with Crippen molar-refractivity contribution in [1.29, 1.82) is 0 Å². The Balaban J connectivity index is 0.00000208. The summed E-state index contributed by atoms with van der Waals surface area (Å²) in [4.78, 5) is 12.8. The summed E-state index contributed by atoms with van der Waals surface area (Å²) < 4.78 is 0. The van der Waals surface area contributed by atoms with Crippen LogP contribution in [0.4, 0.5) is 0 Å². The van der Waals surface area contributed by atoms with E-state index in [0.717, 1.165) is 19.3 Å². The first kappa shape index (κ1) is 20.7. The van der Waals surface area contributed by atoms with Gasteiger partial charge < -0.3 is 10.2 Å². The largest absolute Gasteiger partial charge is 0.392 e. The molecule has 0 spiro atoms. The van der Waals surface area contributed by atoms with Crippen molar-refractivity contribution in [1.82, 2.24) is 0 Å². The average molecular weight is 409 g/mol. The van der Waals surface area contributed by atoms with Crippen LogP contribution >= 0.6 is 0 Å². The van der Waals surface area contributed by atoms with Crippen molar-refractivity contribution in [2.24, 2.45) is 34.0 Å². The predicted octanol–water partition coefficient (Wildman–Crippen LogP) is 3.34. The van der Waals surface area contributed by atoms with Crippen molar-refractivity contribution in [2.45, 2.75) is 72.0 Å². The van der Waals surface area contributed by atoms with Crippen molar-refractivity contribution in [3.05, 3.63) is 12.7 Å². The van der Waals surface area contributed by atoms with Gasteiger partial charge in [0.1, 0.15) is 5.78 Å². The van der Waals surface area contributed by atoms with Crippen LogP contribution in [0.3, 0.4) is 0 Å². The van der Waals surface area contributed by atoms with Gasteiger partial charge in [0, 0.05) is 55.9 Å². The van der Waals surface area contributed by atoms with Crippen LogP contribution in [-0.2, 0) is 37.5 Å². The average Bonchev–Trinajstić information content (AvgIpc) is 2.87. The van der Waals surface area contributed by atoms with E-state index in [9.17, 15) is 15.0 Å². The van der Waals surface area contributed by atoms with E-state index >= 15 is 0 Å². The normalized spacial score (nSPS) is 54.2. The quantitative estimate of drug-likeness (QED) is 0.654. The third-order valence-electron chi connectivity index (χ3n) is 8.33. The van der Waals surface area contributed by atoms with Gasteiger partial charge in [-0.1, -0.05) is 33.8 Å².